The molecule has 0 unspecified atom stereocenters. The van der Waals surface area contributed by atoms with Crippen molar-refractivity contribution in [1.29, 1.82) is 0 Å². The number of nitrogens with zero attached hydrogens (tertiary/aromatic N) is 4. The second-order valence-corrected chi connectivity index (χ2v) is 8.88. The first-order valence-corrected chi connectivity index (χ1v) is 11.8. The average Bonchev–Trinajstić information content (AvgIpc) is 3.25. The SMILES string of the molecule is C=C1Nc2nc(SCc3ccccc3F)nn2[C@H](c2cccc(O)c2)[C@H]1C(=O)Nc1cccnc1. The van der Waals surface area contributed by atoms with Crippen LogP contribution in [0, 0.1) is 11.7 Å². The summed E-state index contributed by atoms with van der Waals surface area (Å²) in [6.07, 6.45) is 3.17. The molecule has 35 heavy (non-hydrogen) atoms. The summed E-state index contributed by atoms with van der Waals surface area (Å²) >= 11 is 1.28. The highest BCUT2D eigenvalue weighted by Crippen LogP contribution is 2.40. The summed E-state index contributed by atoms with van der Waals surface area (Å²) in [7, 11) is 0. The number of amides is 1. The molecule has 4 aromatic rings. The van der Waals surface area contributed by atoms with Crippen LogP contribution in [-0.4, -0.2) is 30.8 Å². The number of carbonyl (C=O) groups is 1. The maximum absolute atomic E-state index is 14.1. The maximum atomic E-state index is 14.1. The van der Waals surface area contributed by atoms with E-state index in [1.54, 1.807) is 65.6 Å². The number of pyridine rings is 1. The predicted octanol–water partition coefficient (Wildman–Crippen LogP) is 4.59. The molecule has 0 aliphatic carbocycles. The molecule has 0 saturated carbocycles. The molecule has 5 rings (SSSR count). The smallest absolute Gasteiger partial charge is 0.236 e. The molecule has 1 amide bonds. The highest BCUT2D eigenvalue weighted by atomic mass is 32.2. The normalized spacial score (nSPS) is 16.9. The van der Waals surface area contributed by atoms with Gasteiger partial charge in [-0.15, -0.1) is 5.10 Å². The minimum Gasteiger partial charge on any atom is -0.508 e. The average molecular weight is 489 g/mol. The van der Waals surface area contributed by atoms with Gasteiger partial charge in [0.1, 0.15) is 17.5 Å². The molecule has 2 atom stereocenters. The van der Waals surface area contributed by atoms with Gasteiger partial charge in [0, 0.05) is 17.6 Å². The van der Waals surface area contributed by atoms with Crippen molar-refractivity contribution < 1.29 is 14.3 Å². The summed E-state index contributed by atoms with van der Waals surface area (Å²) in [6, 6.07) is 16.1. The number of aromatic hydroxyl groups is 1. The third-order valence-corrected chi connectivity index (χ3v) is 6.46. The maximum Gasteiger partial charge on any atom is 0.236 e. The lowest BCUT2D eigenvalue weighted by molar-refractivity contribution is -0.119. The quantitative estimate of drug-likeness (QED) is 0.341. The molecule has 0 radical (unpaired) electrons. The largest absolute Gasteiger partial charge is 0.508 e. The number of aromatic nitrogens is 4. The topological polar surface area (TPSA) is 105 Å². The van der Waals surface area contributed by atoms with Crippen LogP contribution in [-0.2, 0) is 10.5 Å². The van der Waals surface area contributed by atoms with Crippen LogP contribution in [0.2, 0.25) is 0 Å². The van der Waals surface area contributed by atoms with Crippen LogP contribution in [0.5, 0.6) is 5.75 Å². The summed E-state index contributed by atoms with van der Waals surface area (Å²) in [5.41, 5.74) is 2.19. The lowest BCUT2D eigenvalue weighted by Crippen LogP contribution is -2.39. The van der Waals surface area contributed by atoms with E-state index < -0.39 is 12.0 Å². The molecule has 10 heteroatoms. The summed E-state index contributed by atoms with van der Waals surface area (Å²) in [5, 5.41) is 21.1. The van der Waals surface area contributed by atoms with Gasteiger partial charge in [-0.2, -0.15) is 4.98 Å². The molecule has 0 spiro atoms. The van der Waals surface area contributed by atoms with Crippen molar-refractivity contribution in [2.24, 2.45) is 5.92 Å². The van der Waals surface area contributed by atoms with E-state index in [2.05, 4.69) is 32.3 Å². The van der Waals surface area contributed by atoms with Gasteiger partial charge < -0.3 is 15.7 Å². The van der Waals surface area contributed by atoms with E-state index in [9.17, 15) is 14.3 Å². The van der Waals surface area contributed by atoms with Crippen LogP contribution in [0.25, 0.3) is 0 Å². The number of hydrogen-bond acceptors (Lipinski definition) is 7. The van der Waals surface area contributed by atoms with Crippen LogP contribution >= 0.6 is 11.8 Å². The molecule has 1 aliphatic heterocycles. The molecule has 0 bridgehead atoms. The van der Waals surface area contributed by atoms with E-state index in [1.807, 2.05) is 6.07 Å². The molecular formula is C25H21FN6O2S. The first kappa shape index (κ1) is 22.6. The minimum atomic E-state index is -0.768. The number of halogens is 1. The fourth-order valence-electron chi connectivity index (χ4n) is 3.96. The highest BCUT2D eigenvalue weighted by Gasteiger charge is 2.40. The van der Waals surface area contributed by atoms with Crippen molar-refractivity contribution >= 4 is 29.3 Å². The van der Waals surface area contributed by atoms with Gasteiger partial charge in [-0.3, -0.25) is 9.78 Å². The zero-order valence-corrected chi connectivity index (χ0v) is 19.2. The molecule has 0 fully saturated rings. The van der Waals surface area contributed by atoms with E-state index in [4.69, 9.17) is 0 Å². The Bertz CT molecular complexity index is 1390. The Morgan fingerprint density at radius 1 is 1.20 bits per heavy atom. The third kappa shape index (κ3) is 4.73. The fraction of sp³-hybridized carbons (Fsp3) is 0.120. The van der Waals surface area contributed by atoms with Gasteiger partial charge in [-0.05, 0) is 41.5 Å². The Morgan fingerprint density at radius 3 is 2.83 bits per heavy atom. The number of rotatable bonds is 6. The van der Waals surface area contributed by atoms with Gasteiger partial charge in [-0.25, -0.2) is 9.07 Å². The van der Waals surface area contributed by atoms with Crippen LogP contribution in [0.15, 0.2) is 90.5 Å². The summed E-state index contributed by atoms with van der Waals surface area (Å²) in [6.45, 7) is 4.08. The number of fused-ring (bicyclic) bond motifs is 1. The number of phenolic OH excluding ortho intramolecular Hbond substituents is 1. The first-order chi connectivity index (χ1) is 17.0. The number of anilines is 2. The Balaban J connectivity index is 1.49. The van der Waals surface area contributed by atoms with Gasteiger partial charge in [0.15, 0.2) is 0 Å². The molecule has 3 N–H and O–H groups in total. The predicted molar refractivity (Wildman–Crippen MR) is 131 cm³/mol. The number of phenols is 1. The number of hydrogen-bond donors (Lipinski definition) is 3. The van der Waals surface area contributed by atoms with Gasteiger partial charge in [0.25, 0.3) is 0 Å². The van der Waals surface area contributed by atoms with E-state index >= 15 is 0 Å². The lowest BCUT2D eigenvalue weighted by atomic mass is 9.88. The Labute approximate surface area is 204 Å². The number of thioether (sulfide) groups is 1. The molecule has 8 nitrogen and oxygen atoms in total. The molecule has 1 aliphatic rings. The van der Waals surface area contributed by atoms with Crippen molar-refractivity contribution in [1.82, 2.24) is 19.7 Å². The zero-order valence-electron chi connectivity index (χ0n) is 18.4. The molecule has 2 aromatic carbocycles. The lowest BCUT2D eigenvalue weighted by Gasteiger charge is -2.33. The van der Waals surface area contributed by atoms with Crippen molar-refractivity contribution in [2.45, 2.75) is 17.0 Å². The van der Waals surface area contributed by atoms with Gasteiger partial charge >= 0.3 is 0 Å². The first-order valence-electron chi connectivity index (χ1n) is 10.8. The Morgan fingerprint density at radius 2 is 2.06 bits per heavy atom. The summed E-state index contributed by atoms with van der Waals surface area (Å²) in [4.78, 5) is 22.0. The molecule has 176 valence electrons. The highest BCUT2D eigenvalue weighted by molar-refractivity contribution is 7.98. The standard InChI is InChI=1S/C25H21FN6O2S/c1-15-21(23(34)29-18-8-5-11-27-13-18)22(16-7-4-9-19(33)12-16)32-24(28-15)30-25(31-32)35-14-17-6-2-3-10-20(17)26/h2-13,21-22,33H,1,14H2,(H,29,34)(H,28,30,31)/t21-,22+/m0/s1. The van der Waals surface area contributed by atoms with Crippen molar-refractivity contribution in [3.8, 4) is 5.75 Å². The van der Waals surface area contributed by atoms with Gasteiger partial charge in [0.2, 0.25) is 17.0 Å². The molecular weight excluding hydrogens is 467 g/mol. The minimum absolute atomic E-state index is 0.0638. The monoisotopic (exact) mass is 488 g/mol. The Hall–Kier alpha value is -4.18. The number of nitrogens with one attached hydrogen (secondary N) is 2. The van der Waals surface area contributed by atoms with Crippen molar-refractivity contribution in [3.05, 3.63) is 102 Å². The van der Waals surface area contributed by atoms with Crippen molar-refractivity contribution in [3.63, 3.8) is 0 Å². The van der Waals surface area contributed by atoms with E-state index in [0.29, 0.717) is 39.4 Å². The zero-order chi connectivity index (χ0) is 24.4. The fourth-order valence-corrected chi connectivity index (χ4v) is 4.77. The van der Waals surface area contributed by atoms with Gasteiger partial charge in [-0.1, -0.05) is 48.7 Å². The summed E-state index contributed by atoms with van der Waals surface area (Å²) in [5.74, 6) is -0.557. The van der Waals surface area contributed by atoms with Crippen LogP contribution in [0.4, 0.5) is 16.0 Å². The van der Waals surface area contributed by atoms with E-state index in [1.165, 1.54) is 17.8 Å². The van der Waals surface area contributed by atoms with Gasteiger partial charge in [0.05, 0.1) is 17.9 Å². The van der Waals surface area contributed by atoms with E-state index in [-0.39, 0.29) is 17.5 Å². The third-order valence-electron chi connectivity index (χ3n) is 5.58. The number of benzene rings is 2. The molecule has 0 saturated heterocycles. The molecule has 3 heterocycles. The molecule has 2 aromatic heterocycles. The summed E-state index contributed by atoms with van der Waals surface area (Å²) < 4.78 is 15.7. The second-order valence-electron chi connectivity index (χ2n) is 7.94. The van der Waals surface area contributed by atoms with Crippen LogP contribution in [0.1, 0.15) is 17.2 Å². The second kappa shape index (κ2) is 9.59. The van der Waals surface area contributed by atoms with Crippen LogP contribution in [0.3, 0.4) is 0 Å². The number of carbonyl (C=O) groups excluding carboxylic acids is 1. The van der Waals surface area contributed by atoms with Crippen molar-refractivity contribution in [2.75, 3.05) is 10.6 Å². The Kier molecular flexibility index (Phi) is 6.19. The van der Waals surface area contributed by atoms with E-state index in [0.717, 1.165) is 0 Å². The van der Waals surface area contributed by atoms with Crippen LogP contribution < -0.4 is 10.6 Å².